The molecule has 0 rings (SSSR count). The molecular formula is C8H18O8. The van der Waals surface area contributed by atoms with Crippen LogP contribution in [0.2, 0.25) is 0 Å². The maximum atomic E-state index is 9.78. The molecular weight excluding hydrogens is 224 g/mol. The van der Waals surface area contributed by atoms with E-state index in [0.717, 1.165) is 0 Å². The van der Waals surface area contributed by atoms with Crippen LogP contribution in [-0.2, 0) is 0 Å². The number of aliphatic hydroxyl groups is 8. The van der Waals surface area contributed by atoms with Crippen LogP contribution in [-0.4, -0.2) is 90.7 Å². The minimum atomic E-state index is -2.74. The third-order valence-electron chi connectivity index (χ3n) is 2.44. The fourth-order valence-corrected chi connectivity index (χ4v) is 1.32. The summed E-state index contributed by atoms with van der Waals surface area (Å²) in [5, 5.41) is 72.7. The Balaban J connectivity index is 5.06. The molecule has 0 spiro atoms. The highest BCUT2D eigenvalue weighted by Crippen LogP contribution is 2.23. The first-order chi connectivity index (χ1) is 7.35. The zero-order chi connectivity index (χ0) is 12.9. The van der Waals surface area contributed by atoms with Gasteiger partial charge in [-0.05, 0) is 0 Å². The third-order valence-corrected chi connectivity index (χ3v) is 2.44. The van der Waals surface area contributed by atoms with E-state index in [4.69, 9.17) is 20.4 Å². The quantitative estimate of drug-likeness (QED) is 0.220. The van der Waals surface area contributed by atoms with Crippen molar-refractivity contribution in [2.45, 2.75) is 30.0 Å². The third kappa shape index (κ3) is 2.87. The minimum absolute atomic E-state index is 0.931. The molecule has 0 saturated carbocycles. The molecule has 4 atom stereocenters. The number of hydrogen-bond acceptors (Lipinski definition) is 8. The van der Waals surface area contributed by atoms with Crippen molar-refractivity contribution in [3.63, 3.8) is 0 Å². The van der Waals surface area contributed by atoms with Crippen LogP contribution < -0.4 is 0 Å². The second kappa shape index (κ2) is 6.42. The highest BCUT2D eigenvalue weighted by molar-refractivity contribution is 5.01. The average molecular weight is 242 g/mol. The topological polar surface area (TPSA) is 162 Å². The van der Waals surface area contributed by atoms with Crippen LogP contribution in [0.3, 0.4) is 0 Å². The Morgan fingerprint density at radius 3 is 1.38 bits per heavy atom. The van der Waals surface area contributed by atoms with Crippen LogP contribution in [0, 0.1) is 0 Å². The Hall–Kier alpha value is -0.320. The van der Waals surface area contributed by atoms with E-state index in [1.54, 1.807) is 0 Å². The molecule has 0 bridgehead atoms. The first-order valence-corrected chi connectivity index (χ1v) is 4.63. The summed E-state index contributed by atoms with van der Waals surface area (Å²) in [6, 6.07) is 0. The van der Waals surface area contributed by atoms with Crippen molar-refractivity contribution >= 4 is 0 Å². The SMILES string of the molecule is OCC(O)C(O)C(O)(C(O)CO)C(O)CO. The van der Waals surface area contributed by atoms with Crippen LogP contribution in [0.4, 0.5) is 0 Å². The van der Waals surface area contributed by atoms with Gasteiger partial charge in [0, 0.05) is 0 Å². The number of aliphatic hydroxyl groups excluding tert-OH is 7. The van der Waals surface area contributed by atoms with Crippen molar-refractivity contribution < 1.29 is 40.9 Å². The van der Waals surface area contributed by atoms with Gasteiger partial charge >= 0.3 is 0 Å². The monoisotopic (exact) mass is 242 g/mol. The van der Waals surface area contributed by atoms with E-state index in [2.05, 4.69) is 0 Å². The average Bonchev–Trinajstić information content (AvgIpc) is 2.33. The maximum absolute atomic E-state index is 9.78. The van der Waals surface area contributed by atoms with E-state index >= 15 is 0 Å². The van der Waals surface area contributed by atoms with Crippen LogP contribution >= 0.6 is 0 Å². The van der Waals surface area contributed by atoms with E-state index < -0.39 is 49.8 Å². The van der Waals surface area contributed by atoms with Gasteiger partial charge in [0.2, 0.25) is 0 Å². The lowest BCUT2D eigenvalue weighted by Crippen LogP contribution is -2.65. The molecule has 0 aromatic carbocycles. The summed E-state index contributed by atoms with van der Waals surface area (Å²) in [7, 11) is 0. The fraction of sp³-hybridized carbons (Fsp3) is 1.00. The van der Waals surface area contributed by atoms with Crippen LogP contribution in [0.1, 0.15) is 0 Å². The van der Waals surface area contributed by atoms with E-state index in [1.807, 2.05) is 0 Å². The molecule has 0 aliphatic rings. The highest BCUT2D eigenvalue weighted by Gasteiger charge is 2.50. The molecule has 0 heterocycles. The Bertz CT molecular complexity index is 188. The Morgan fingerprint density at radius 1 is 0.750 bits per heavy atom. The molecule has 0 aliphatic heterocycles. The maximum Gasteiger partial charge on any atom is 0.149 e. The van der Waals surface area contributed by atoms with Crippen molar-refractivity contribution in [3.05, 3.63) is 0 Å². The molecule has 0 amide bonds. The molecule has 8 N–H and O–H groups in total. The van der Waals surface area contributed by atoms with Gasteiger partial charge in [-0.25, -0.2) is 0 Å². The summed E-state index contributed by atoms with van der Waals surface area (Å²) in [5.41, 5.74) is -2.74. The Kier molecular flexibility index (Phi) is 6.30. The normalized spacial score (nSPS) is 23.2. The van der Waals surface area contributed by atoms with Crippen molar-refractivity contribution in [2.24, 2.45) is 0 Å². The van der Waals surface area contributed by atoms with Gasteiger partial charge in [0.15, 0.2) is 0 Å². The largest absolute Gasteiger partial charge is 0.394 e. The second-order valence-electron chi connectivity index (χ2n) is 3.48. The zero-order valence-electron chi connectivity index (χ0n) is 8.51. The van der Waals surface area contributed by atoms with Gasteiger partial charge in [-0.2, -0.15) is 0 Å². The Labute approximate surface area is 91.6 Å². The predicted molar refractivity (Wildman–Crippen MR) is 50.2 cm³/mol. The van der Waals surface area contributed by atoms with Gasteiger partial charge in [-0.15, -0.1) is 0 Å². The van der Waals surface area contributed by atoms with Crippen molar-refractivity contribution in [3.8, 4) is 0 Å². The van der Waals surface area contributed by atoms with Crippen molar-refractivity contribution in [2.75, 3.05) is 19.8 Å². The zero-order valence-corrected chi connectivity index (χ0v) is 8.51. The van der Waals surface area contributed by atoms with Gasteiger partial charge in [-0.1, -0.05) is 0 Å². The summed E-state index contributed by atoms with van der Waals surface area (Å²) in [5.74, 6) is 0. The first-order valence-electron chi connectivity index (χ1n) is 4.63. The van der Waals surface area contributed by atoms with Crippen molar-refractivity contribution in [1.29, 1.82) is 0 Å². The summed E-state index contributed by atoms with van der Waals surface area (Å²) < 4.78 is 0. The van der Waals surface area contributed by atoms with E-state index in [9.17, 15) is 20.4 Å². The molecule has 8 nitrogen and oxygen atoms in total. The van der Waals surface area contributed by atoms with Crippen molar-refractivity contribution in [1.82, 2.24) is 0 Å². The molecule has 4 unspecified atom stereocenters. The molecule has 0 fully saturated rings. The molecule has 16 heavy (non-hydrogen) atoms. The lowest BCUT2D eigenvalue weighted by atomic mass is 9.82. The van der Waals surface area contributed by atoms with Gasteiger partial charge in [-0.3, -0.25) is 0 Å². The predicted octanol–water partition coefficient (Wildman–Crippen LogP) is -4.86. The van der Waals surface area contributed by atoms with Crippen LogP contribution in [0.5, 0.6) is 0 Å². The summed E-state index contributed by atoms with van der Waals surface area (Å²) in [6.45, 7) is -2.95. The Morgan fingerprint density at radius 2 is 1.12 bits per heavy atom. The standard InChI is InChI=1S/C8H18O8/c9-1-4(12)7(15)8(16,5(13)2-10)6(14)3-11/h4-7,9-16H,1-3H2. The van der Waals surface area contributed by atoms with Gasteiger partial charge in [0.1, 0.15) is 30.0 Å². The number of rotatable bonds is 7. The lowest BCUT2D eigenvalue weighted by Gasteiger charge is -2.40. The number of hydrogen-bond donors (Lipinski definition) is 8. The molecule has 0 aliphatic carbocycles. The summed E-state index contributed by atoms with van der Waals surface area (Å²) in [4.78, 5) is 0. The van der Waals surface area contributed by atoms with Gasteiger partial charge in [0.25, 0.3) is 0 Å². The smallest absolute Gasteiger partial charge is 0.149 e. The van der Waals surface area contributed by atoms with E-state index in [1.165, 1.54) is 0 Å². The molecule has 98 valence electrons. The second-order valence-corrected chi connectivity index (χ2v) is 3.48. The minimum Gasteiger partial charge on any atom is -0.394 e. The van der Waals surface area contributed by atoms with Crippen LogP contribution in [0.25, 0.3) is 0 Å². The van der Waals surface area contributed by atoms with E-state index in [0.29, 0.717) is 0 Å². The summed E-state index contributed by atoms with van der Waals surface area (Å²) in [6.07, 6.45) is -7.97. The molecule has 8 heteroatoms. The highest BCUT2D eigenvalue weighted by atomic mass is 16.4. The fourth-order valence-electron chi connectivity index (χ4n) is 1.32. The molecule has 0 saturated heterocycles. The molecule has 0 aromatic rings. The van der Waals surface area contributed by atoms with Gasteiger partial charge < -0.3 is 40.9 Å². The lowest BCUT2D eigenvalue weighted by molar-refractivity contribution is -0.237. The van der Waals surface area contributed by atoms with Gasteiger partial charge in [0.05, 0.1) is 19.8 Å². The summed E-state index contributed by atoms with van der Waals surface area (Å²) >= 11 is 0. The van der Waals surface area contributed by atoms with E-state index in [-0.39, 0.29) is 0 Å². The van der Waals surface area contributed by atoms with Crippen LogP contribution in [0.15, 0.2) is 0 Å². The molecule has 0 aromatic heterocycles. The molecule has 0 radical (unpaired) electrons. The first kappa shape index (κ1) is 15.7.